The van der Waals surface area contributed by atoms with Crippen LogP contribution in [-0.2, 0) is 28.6 Å². The van der Waals surface area contributed by atoms with Crippen LogP contribution in [0.2, 0.25) is 0 Å². The summed E-state index contributed by atoms with van der Waals surface area (Å²) < 4.78 is 24.5. The topological polar surface area (TPSA) is 229 Å². The van der Waals surface area contributed by atoms with E-state index in [4.69, 9.17) is 23.9 Å². The Morgan fingerprint density at radius 1 is 0.928 bits per heavy atom. The van der Waals surface area contributed by atoms with Gasteiger partial charge in [0.2, 0.25) is 0 Å². The lowest BCUT2D eigenvalue weighted by atomic mass is 9.77. The normalized spacial score (nSPS) is 33.1. The van der Waals surface area contributed by atoms with Gasteiger partial charge in [0.05, 0.1) is 35.1 Å². The first-order valence-electron chi connectivity index (χ1n) is 24.0. The number of fused-ring (bicyclic) bond motifs is 13. The fraction of sp³-hybridized carbons (Fsp3) is 0.608. The van der Waals surface area contributed by atoms with Crippen LogP contribution in [0.3, 0.4) is 0 Å². The number of ketones is 1. The molecule has 2 saturated heterocycles. The molecule has 1 amide bonds. The average Bonchev–Trinajstić information content (AvgIpc) is 3.96. The number of anilines is 1. The number of Topliss-reactive ketones (excluding diaryl/α,β-unsaturated/α-hetero) is 1. The SMILES string of the molecule is C/C1=C/C=C/[C@H](C)[C@H](O)[C@@H](C)[C@@H](O)[C@@H](C)[C@H](OC(=O)CC(=O)OC2CCN(C)C2)[C@H](C)[C@@H](C)/C=C/O[C@@]2(C)Oc3c(C)c(O)c4c(O)c(c5c(c4c3C2=O)NC2(CCN(CC(C)I)CC2)N=5)=NC1=O. The molecule has 0 radical (unpaired) electrons. The molecule has 0 saturated carbocycles. The van der Waals surface area contributed by atoms with Crippen LogP contribution >= 0.6 is 22.6 Å². The van der Waals surface area contributed by atoms with Crippen LogP contribution in [0.1, 0.15) is 97.0 Å². The largest absolute Gasteiger partial charge is 0.507 e. The van der Waals surface area contributed by atoms with E-state index in [0.29, 0.717) is 48.5 Å². The van der Waals surface area contributed by atoms with Gasteiger partial charge in [0.25, 0.3) is 11.7 Å². The number of hydrogen-bond acceptors (Lipinski definition) is 16. The van der Waals surface area contributed by atoms with Gasteiger partial charge in [-0.3, -0.25) is 24.2 Å². The number of halogens is 1. The first-order chi connectivity index (χ1) is 32.5. The number of ether oxygens (including phenoxy) is 4. The van der Waals surface area contributed by atoms with E-state index in [9.17, 15) is 39.6 Å². The number of carbonyl (C=O) groups excluding carboxylic acids is 4. The molecule has 5 N–H and O–H groups in total. The van der Waals surface area contributed by atoms with Gasteiger partial charge in [-0.2, -0.15) is 0 Å². The number of nitrogens with one attached hydrogen (secondary N) is 1. The van der Waals surface area contributed by atoms with Crippen molar-refractivity contribution in [2.45, 2.75) is 128 Å². The number of phenols is 2. The van der Waals surface area contributed by atoms with Crippen molar-refractivity contribution in [3.05, 3.63) is 58.0 Å². The van der Waals surface area contributed by atoms with Gasteiger partial charge in [-0.25, -0.2) is 4.99 Å². The molecule has 6 heterocycles. The minimum Gasteiger partial charge on any atom is -0.507 e. The zero-order chi connectivity index (χ0) is 50.4. The summed E-state index contributed by atoms with van der Waals surface area (Å²) in [5, 5.41) is 51.1. The molecule has 18 heteroatoms. The van der Waals surface area contributed by atoms with Crippen LogP contribution in [0.5, 0.6) is 17.2 Å². The predicted octanol–water partition coefficient (Wildman–Crippen LogP) is 5.16. The second kappa shape index (κ2) is 20.6. The van der Waals surface area contributed by atoms with Gasteiger partial charge < -0.3 is 54.5 Å². The van der Waals surface area contributed by atoms with E-state index in [0.717, 1.165) is 13.1 Å². The predicted molar refractivity (Wildman–Crippen MR) is 266 cm³/mol. The van der Waals surface area contributed by atoms with E-state index in [2.05, 4.69) is 44.7 Å². The number of amides is 1. The summed E-state index contributed by atoms with van der Waals surface area (Å²) in [5.74, 6) is -8.65. The lowest BCUT2D eigenvalue weighted by molar-refractivity contribution is -0.167. The molecule has 2 aromatic rings. The summed E-state index contributed by atoms with van der Waals surface area (Å²) in [4.78, 5) is 69.2. The maximum absolute atomic E-state index is 14.9. The maximum atomic E-state index is 14.9. The number of benzene rings is 2. The van der Waals surface area contributed by atoms with Crippen molar-refractivity contribution >= 4 is 62.7 Å². The van der Waals surface area contributed by atoms with Gasteiger partial charge in [-0.05, 0) is 45.2 Å². The number of carbonyl (C=O) groups is 4. The summed E-state index contributed by atoms with van der Waals surface area (Å²) in [6.07, 6.45) is 5.41. The number of likely N-dealkylation sites (N-methyl/N-ethyl adjacent to an activating group) is 1. The number of aliphatic hydroxyl groups is 2. The number of hydrogen-bond donors (Lipinski definition) is 5. The molecule has 2 unspecified atom stereocenters. The standard InChI is InChI=1S/C51H68IN5O12/c1-25-15-21-66-50(9)48(64)38-36-37(44(62)32(8)47(38)69-50)45(63)41(40-39(36)54-51(55-40)16-19-57(20-17-51)23-28(4)52)53-49(65)27(3)13-11-12-26(2)42(60)30(6)43(61)31(7)46(29(25)5)68-35(59)22-34(58)67-33-14-18-56(10)24-33/h11-13,15,21,25-26,28-31,33,42-43,46,54,60-63H,14,16-20,22-24H2,1-10H3/b12-11+,21-15+,27-13-,53-41?/t25-,26-,28?,29+,30+,31+,33?,42-,43+,46+,50-/m0/s1. The highest BCUT2D eigenvalue weighted by Crippen LogP contribution is 2.51. The summed E-state index contributed by atoms with van der Waals surface area (Å²) in [7, 11) is 1.92. The third-order valence-electron chi connectivity index (χ3n) is 14.9. The van der Waals surface area contributed by atoms with Gasteiger partial charge in [0.15, 0.2) is 5.75 Å². The Balaban J connectivity index is 1.30. The molecular formula is C51H68IN5O12. The number of piperidine rings is 1. The number of likely N-dealkylation sites (tertiary alicyclic amines) is 2. The molecule has 0 aromatic heterocycles. The van der Waals surface area contributed by atoms with Gasteiger partial charge in [-0.1, -0.05) is 82.4 Å². The third kappa shape index (κ3) is 10.6. The van der Waals surface area contributed by atoms with E-state index in [1.54, 1.807) is 52.8 Å². The van der Waals surface area contributed by atoms with Gasteiger partial charge >= 0.3 is 17.7 Å². The first kappa shape index (κ1) is 52.2. The van der Waals surface area contributed by atoms with E-state index < -0.39 is 95.2 Å². The van der Waals surface area contributed by atoms with Crippen molar-refractivity contribution in [2.24, 2.45) is 39.6 Å². The number of nitrogens with zero attached hydrogens (tertiary/aromatic N) is 4. The van der Waals surface area contributed by atoms with Crippen LogP contribution in [0.25, 0.3) is 10.8 Å². The van der Waals surface area contributed by atoms with Crippen molar-refractivity contribution in [1.82, 2.24) is 9.80 Å². The molecule has 6 aliphatic rings. The number of aliphatic hydroxyl groups excluding tert-OH is 2. The van der Waals surface area contributed by atoms with Crippen molar-refractivity contribution in [1.29, 1.82) is 0 Å². The highest BCUT2D eigenvalue weighted by atomic mass is 127. The Labute approximate surface area is 416 Å². The second-order valence-electron chi connectivity index (χ2n) is 20.2. The Bertz CT molecular complexity index is 2590. The van der Waals surface area contributed by atoms with E-state index in [-0.39, 0.29) is 55.8 Å². The fourth-order valence-corrected chi connectivity index (χ4v) is 10.8. The molecule has 6 aliphatic heterocycles. The van der Waals surface area contributed by atoms with Crippen molar-refractivity contribution in [2.75, 3.05) is 45.1 Å². The first-order valence-corrected chi connectivity index (χ1v) is 25.3. The molecule has 0 aliphatic carbocycles. The van der Waals surface area contributed by atoms with Crippen LogP contribution in [0.15, 0.2) is 46.1 Å². The van der Waals surface area contributed by atoms with Gasteiger partial charge in [0, 0.05) is 90.7 Å². The van der Waals surface area contributed by atoms with Crippen LogP contribution < -0.4 is 20.8 Å². The molecule has 2 fully saturated rings. The molecule has 1 spiro atoms. The Morgan fingerprint density at radius 2 is 1.61 bits per heavy atom. The average molecular weight is 1070 g/mol. The van der Waals surface area contributed by atoms with Gasteiger partial charge in [0.1, 0.15) is 46.5 Å². The number of alkyl halides is 1. The smallest absolute Gasteiger partial charge is 0.317 e. The van der Waals surface area contributed by atoms with Crippen molar-refractivity contribution in [3.8, 4) is 17.2 Å². The number of aromatic hydroxyl groups is 2. The van der Waals surface area contributed by atoms with E-state index >= 15 is 0 Å². The van der Waals surface area contributed by atoms with Crippen molar-refractivity contribution < 1.29 is 58.6 Å². The molecule has 5 bridgehead atoms. The zero-order valence-corrected chi connectivity index (χ0v) is 43.4. The number of rotatable bonds is 6. The lowest BCUT2D eigenvalue weighted by Gasteiger charge is -2.38. The lowest BCUT2D eigenvalue weighted by Crippen LogP contribution is -2.47. The van der Waals surface area contributed by atoms with Crippen LogP contribution in [-0.4, -0.2) is 133 Å². The van der Waals surface area contributed by atoms with Crippen molar-refractivity contribution in [3.63, 3.8) is 0 Å². The van der Waals surface area contributed by atoms with Crippen LogP contribution in [0.4, 0.5) is 5.69 Å². The molecule has 11 atom stereocenters. The van der Waals surface area contributed by atoms with Gasteiger partial charge in [-0.15, -0.1) is 0 Å². The molecule has 8 rings (SSSR count). The number of esters is 2. The number of phenolic OH excluding ortho intramolecular Hbond substituents is 2. The molecule has 376 valence electrons. The molecular weight excluding hydrogens is 1000 g/mol. The maximum Gasteiger partial charge on any atom is 0.317 e. The minimum atomic E-state index is -1.96. The Morgan fingerprint density at radius 3 is 2.26 bits per heavy atom. The highest BCUT2D eigenvalue weighted by molar-refractivity contribution is 14.1. The minimum absolute atomic E-state index is 0.0485. The molecule has 2 aromatic carbocycles. The highest BCUT2D eigenvalue weighted by Gasteiger charge is 2.51. The zero-order valence-electron chi connectivity index (χ0n) is 41.2. The summed E-state index contributed by atoms with van der Waals surface area (Å²) >= 11 is 2.40. The summed E-state index contributed by atoms with van der Waals surface area (Å²) in [6.45, 7) is 19.2. The Hall–Kier alpha value is -4.63. The quantitative estimate of drug-likeness (QED) is 0.0828. The second-order valence-corrected chi connectivity index (χ2v) is 22.4. The fourth-order valence-electron chi connectivity index (χ4n) is 10.3. The molecule has 17 nitrogen and oxygen atoms in total. The summed E-state index contributed by atoms with van der Waals surface area (Å²) in [6, 6.07) is 0. The summed E-state index contributed by atoms with van der Waals surface area (Å²) in [5.41, 5.74) is -0.167. The van der Waals surface area contributed by atoms with E-state index in [1.807, 2.05) is 25.8 Å². The van der Waals surface area contributed by atoms with Crippen LogP contribution in [0, 0.1) is 36.5 Å². The molecule has 69 heavy (non-hydrogen) atoms. The Kier molecular flexibility index (Phi) is 15.6. The number of allylic oxidation sites excluding steroid dienone is 3. The monoisotopic (exact) mass is 1070 g/mol. The third-order valence-corrected chi connectivity index (χ3v) is 15.2. The van der Waals surface area contributed by atoms with E-state index in [1.165, 1.54) is 19.3 Å².